The number of nitrogens with one attached hydrogen (secondary N) is 1. The first-order chi connectivity index (χ1) is 6.88. The molecule has 1 rings (SSSR count). The van der Waals surface area contributed by atoms with Gasteiger partial charge in [-0.2, -0.15) is 0 Å². The fourth-order valence-corrected chi connectivity index (χ4v) is 2.17. The van der Waals surface area contributed by atoms with E-state index in [0.717, 1.165) is 12.5 Å². The molecule has 1 N–H and O–H groups in total. The van der Waals surface area contributed by atoms with Crippen LogP contribution in [0.2, 0.25) is 0 Å². The Morgan fingerprint density at radius 3 is 2.93 bits per heavy atom. The van der Waals surface area contributed by atoms with Gasteiger partial charge in [0.25, 0.3) is 0 Å². The molecule has 2 heteroatoms. The third kappa shape index (κ3) is 3.81. The molecule has 0 amide bonds. The van der Waals surface area contributed by atoms with Crippen LogP contribution >= 0.6 is 0 Å². The van der Waals surface area contributed by atoms with Crippen molar-refractivity contribution in [3.63, 3.8) is 0 Å². The highest BCUT2D eigenvalue weighted by atomic mass is 15.2. The van der Waals surface area contributed by atoms with Gasteiger partial charge < -0.3 is 5.32 Å². The minimum atomic E-state index is 0.767. The van der Waals surface area contributed by atoms with Crippen LogP contribution in [-0.2, 0) is 0 Å². The van der Waals surface area contributed by atoms with Crippen molar-refractivity contribution in [1.29, 1.82) is 0 Å². The van der Waals surface area contributed by atoms with Crippen molar-refractivity contribution in [2.75, 3.05) is 26.2 Å². The predicted molar refractivity (Wildman–Crippen MR) is 62.6 cm³/mol. The van der Waals surface area contributed by atoms with Gasteiger partial charge in [-0.1, -0.05) is 13.0 Å². The maximum absolute atomic E-state index is 3.80. The SMILES string of the molecule is C=CCCN(CCC)C1CCCNC1. The van der Waals surface area contributed by atoms with Gasteiger partial charge in [-0.05, 0) is 38.8 Å². The molecule has 1 heterocycles. The zero-order chi connectivity index (χ0) is 10.2. The summed E-state index contributed by atoms with van der Waals surface area (Å²) in [6, 6.07) is 0.767. The summed E-state index contributed by atoms with van der Waals surface area (Å²) in [6.07, 6.45) is 7.10. The highest BCUT2D eigenvalue weighted by Crippen LogP contribution is 2.11. The molecule has 0 aromatic heterocycles. The van der Waals surface area contributed by atoms with Crippen LogP contribution < -0.4 is 5.32 Å². The molecule has 0 aromatic carbocycles. The first-order valence-corrected chi connectivity index (χ1v) is 5.94. The van der Waals surface area contributed by atoms with Crippen molar-refractivity contribution in [1.82, 2.24) is 10.2 Å². The summed E-state index contributed by atoms with van der Waals surface area (Å²) in [5.41, 5.74) is 0. The van der Waals surface area contributed by atoms with Crippen LogP contribution in [0.25, 0.3) is 0 Å². The van der Waals surface area contributed by atoms with Gasteiger partial charge in [0.15, 0.2) is 0 Å². The monoisotopic (exact) mass is 196 g/mol. The Morgan fingerprint density at radius 2 is 2.36 bits per heavy atom. The zero-order valence-corrected chi connectivity index (χ0v) is 9.47. The summed E-state index contributed by atoms with van der Waals surface area (Å²) in [6.45, 7) is 10.9. The number of nitrogens with zero attached hydrogens (tertiary/aromatic N) is 1. The van der Waals surface area contributed by atoms with E-state index in [1.54, 1.807) is 0 Å². The second kappa shape index (κ2) is 7.02. The summed E-state index contributed by atoms with van der Waals surface area (Å²) in [5.74, 6) is 0. The van der Waals surface area contributed by atoms with Crippen molar-refractivity contribution in [3.8, 4) is 0 Å². The summed E-state index contributed by atoms with van der Waals surface area (Å²) in [7, 11) is 0. The molecular weight excluding hydrogens is 172 g/mol. The summed E-state index contributed by atoms with van der Waals surface area (Å²) in [5, 5.41) is 3.48. The molecule has 1 atom stereocenters. The second-order valence-electron chi connectivity index (χ2n) is 4.11. The summed E-state index contributed by atoms with van der Waals surface area (Å²) < 4.78 is 0. The van der Waals surface area contributed by atoms with Crippen molar-refractivity contribution >= 4 is 0 Å². The molecule has 0 radical (unpaired) electrons. The molecule has 1 saturated heterocycles. The zero-order valence-electron chi connectivity index (χ0n) is 9.47. The van der Waals surface area contributed by atoms with Crippen LogP contribution in [0.15, 0.2) is 12.7 Å². The fourth-order valence-electron chi connectivity index (χ4n) is 2.17. The van der Waals surface area contributed by atoms with Gasteiger partial charge in [-0.15, -0.1) is 6.58 Å². The van der Waals surface area contributed by atoms with Gasteiger partial charge in [0.2, 0.25) is 0 Å². The third-order valence-corrected chi connectivity index (χ3v) is 2.92. The maximum atomic E-state index is 3.80. The van der Waals surface area contributed by atoms with Crippen LogP contribution in [-0.4, -0.2) is 37.1 Å². The van der Waals surface area contributed by atoms with E-state index in [1.165, 1.54) is 45.4 Å². The second-order valence-corrected chi connectivity index (χ2v) is 4.11. The fraction of sp³-hybridized carbons (Fsp3) is 0.833. The highest BCUT2D eigenvalue weighted by Gasteiger charge is 2.18. The van der Waals surface area contributed by atoms with Crippen LogP contribution in [0, 0.1) is 0 Å². The Morgan fingerprint density at radius 1 is 1.50 bits per heavy atom. The Kier molecular flexibility index (Phi) is 5.88. The number of hydrogen-bond acceptors (Lipinski definition) is 2. The predicted octanol–water partition coefficient (Wildman–Crippen LogP) is 2.03. The molecular formula is C12H24N2. The number of rotatable bonds is 6. The lowest BCUT2D eigenvalue weighted by atomic mass is 10.1. The summed E-state index contributed by atoms with van der Waals surface area (Å²) >= 11 is 0. The van der Waals surface area contributed by atoms with Gasteiger partial charge in [0.1, 0.15) is 0 Å². The minimum Gasteiger partial charge on any atom is -0.315 e. The lowest BCUT2D eigenvalue weighted by molar-refractivity contribution is 0.169. The van der Waals surface area contributed by atoms with E-state index in [2.05, 4.69) is 23.7 Å². The molecule has 1 aliphatic heterocycles. The molecule has 14 heavy (non-hydrogen) atoms. The molecule has 2 nitrogen and oxygen atoms in total. The first-order valence-electron chi connectivity index (χ1n) is 5.94. The largest absolute Gasteiger partial charge is 0.315 e. The molecule has 0 aliphatic carbocycles. The maximum Gasteiger partial charge on any atom is 0.0221 e. The molecule has 1 unspecified atom stereocenters. The van der Waals surface area contributed by atoms with Crippen molar-refractivity contribution < 1.29 is 0 Å². The molecule has 1 aliphatic rings. The molecule has 0 spiro atoms. The van der Waals surface area contributed by atoms with Gasteiger partial charge >= 0.3 is 0 Å². The molecule has 0 aromatic rings. The number of piperidine rings is 1. The molecule has 82 valence electrons. The standard InChI is InChI=1S/C12H24N2/c1-3-5-10-14(9-4-2)12-7-6-8-13-11-12/h3,12-13H,1,4-11H2,2H3. The summed E-state index contributed by atoms with van der Waals surface area (Å²) in [4.78, 5) is 2.62. The van der Waals surface area contributed by atoms with E-state index >= 15 is 0 Å². The molecule has 0 bridgehead atoms. The van der Waals surface area contributed by atoms with Crippen molar-refractivity contribution in [3.05, 3.63) is 12.7 Å². The number of hydrogen-bond donors (Lipinski definition) is 1. The minimum absolute atomic E-state index is 0.767. The van der Waals surface area contributed by atoms with Crippen molar-refractivity contribution in [2.45, 2.75) is 38.6 Å². The highest BCUT2D eigenvalue weighted by molar-refractivity contribution is 4.80. The lowest BCUT2D eigenvalue weighted by Crippen LogP contribution is -2.46. The Hall–Kier alpha value is -0.340. The molecule has 0 saturated carbocycles. The Labute approximate surface area is 88.4 Å². The van der Waals surface area contributed by atoms with Gasteiger partial charge in [-0.25, -0.2) is 0 Å². The topological polar surface area (TPSA) is 15.3 Å². The van der Waals surface area contributed by atoms with E-state index in [-0.39, 0.29) is 0 Å². The normalized spacial score (nSPS) is 22.6. The first kappa shape index (κ1) is 11.7. The van der Waals surface area contributed by atoms with Crippen LogP contribution in [0.3, 0.4) is 0 Å². The van der Waals surface area contributed by atoms with E-state index in [0.29, 0.717) is 0 Å². The van der Waals surface area contributed by atoms with Crippen LogP contribution in [0.5, 0.6) is 0 Å². The smallest absolute Gasteiger partial charge is 0.0221 e. The van der Waals surface area contributed by atoms with Gasteiger partial charge in [-0.3, -0.25) is 4.90 Å². The third-order valence-electron chi connectivity index (χ3n) is 2.92. The van der Waals surface area contributed by atoms with Crippen LogP contribution in [0.1, 0.15) is 32.6 Å². The van der Waals surface area contributed by atoms with Crippen LogP contribution in [0.4, 0.5) is 0 Å². The van der Waals surface area contributed by atoms with E-state index < -0.39 is 0 Å². The van der Waals surface area contributed by atoms with Crippen molar-refractivity contribution in [2.24, 2.45) is 0 Å². The van der Waals surface area contributed by atoms with Gasteiger partial charge in [0, 0.05) is 19.1 Å². The van der Waals surface area contributed by atoms with Gasteiger partial charge in [0.05, 0.1) is 0 Å². The van der Waals surface area contributed by atoms with E-state index in [9.17, 15) is 0 Å². The van der Waals surface area contributed by atoms with E-state index in [4.69, 9.17) is 0 Å². The quantitative estimate of drug-likeness (QED) is 0.654. The molecule has 1 fully saturated rings. The Balaban J connectivity index is 2.33. The lowest BCUT2D eigenvalue weighted by Gasteiger charge is -2.34. The average Bonchev–Trinajstić information content (AvgIpc) is 2.25. The Bertz CT molecular complexity index is 150. The average molecular weight is 196 g/mol. The van der Waals surface area contributed by atoms with E-state index in [1.807, 2.05) is 6.08 Å².